The summed E-state index contributed by atoms with van der Waals surface area (Å²) in [5.41, 5.74) is 0. The molecule has 0 aromatic rings. The number of halogens is 1. The Morgan fingerprint density at radius 3 is 1.70 bits per heavy atom. The number of hydrogen-bond donors (Lipinski definition) is 2. The summed E-state index contributed by atoms with van der Waals surface area (Å²) in [4.78, 5) is 18.9. The SMILES string of the molecule is O=C(O)OC(F)OC(=O)O. The van der Waals surface area contributed by atoms with Crippen LogP contribution < -0.4 is 0 Å². The molecule has 10 heavy (non-hydrogen) atoms. The molecule has 0 spiro atoms. The highest BCUT2D eigenvalue weighted by molar-refractivity contribution is 5.58. The summed E-state index contributed by atoms with van der Waals surface area (Å²) in [7, 11) is 0. The Kier molecular flexibility index (Phi) is 2.95. The average Bonchev–Trinajstić information content (AvgIpc) is 1.58. The van der Waals surface area contributed by atoms with Crippen molar-refractivity contribution in [3.05, 3.63) is 0 Å². The van der Waals surface area contributed by atoms with Crippen LogP contribution in [0.1, 0.15) is 0 Å². The van der Waals surface area contributed by atoms with Crippen LogP contribution in [-0.2, 0) is 9.47 Å². The highest BCUT2D eigenvalue weighted by atomic mass is 19.2. The molecule has 0 aliphatic heterocycles. The maximum atomic E-state index is 11.7. The molecule has 0 bridgehead atoms. The summed E-state index contributed by atoms with van der Waals surface area (Å²) in [6.45, 7) is -2.78. The maximum Gasteiger partial charge on any atom is 0.510 e. The zero-order valence-electron chi connectivity index (χ0n) is 4.48. The molecule has 0 aliphatic carbocycles. The van der Waals surface area contributed by atoms with Crippen molar-refractivity contribution < 1.29 is 33.7 Å². The van der Waals surface area contributed by atoms with E-state index in [1.807, 2.05) is 0 Å². The standard InChI is InChI=1S/C3H3FO6/c4-1(9-2(5)6)10-3(7)8/h1H,(H,5,6)(H,7,8). The van der Waals surface area contributed by atoms with Crippen LogP contribution in [0.2, 0.25) is 0 Å². The van der Waals surface area contributed by atoms with Crippen molar-refractivity contribution in [3.8, 4) is 0 Å². The number of rotatable bonds is 2. The topological polar surface area (TPSA) is 93.1 Å². The van der Waals surface area contributed by atoms with Crippen molar-refractivity contribution in [3.63, 3.8) is 0 Å². The minimum atomic E-state index is -2.78. The highest BCUT2D eigenvalue weighted by Crippen LogP contribution is 1.96. The largest absolute Gasteiger partial charge is 0.510 e. The molecule has 2 N–H and O–H groups in total. The van der Waals surface area contributed by atoms with Gasteiger partial charge in [0.1, 0.15) is 0 Å². The fourth-order valence-corrected chi connectivity index (χ4v) is 0.183. The van der Waals surface area contributed by atoms with Crippen molar-refractivity contribution in [2.75, 3.05) is 0 Å². The Balaban J connectivity index is 3.53. The first-order valence-corrected chi connectivity index (χ1v) is 1.95. The van der Waals surface area contributed by atoms with E-state index in [9.17, 15) is 14.0 Å². The van der Waals surface area contributed by atoms with Crippen molar-refractivity contribution >= 4 is 12.3 Å². The highest BCUT2D eigenvalue weighted by Gasteiger charge is 2.15. The van der Waals surface area contributed by atoms with Gasteiger partial charge >= 0.3 is 18.9 Å². The normalized spacial score (nSPS) is 9.00. The lowest BCUT2D eigenvalue weighted by molar-refractivity contribution is -0.165. The van der Waals surface area contributed by atoms with Crippen molar-refractivity contribution in [1.29, 1.82) is 0 Å². The zero-order chi connectivity index (χ0) is 8.15. The van der Waals surface area contributed by atoms with E-state index < -0.39 is 18.9 Å². The van der Waals surface area contributed by atoms with Gasteiger partial charge in [0.15, 0.2) is 0 Å². The minimum absolute atomic E-state index is 1.95. The van der Waals surface area contributed by atoms with Crippen LogP contribution in [0.5, 0.6) is 0 Å². The number of ether oxygens (including phenoxy) is 2. The van der Waals surface area contributed by atoms with E-state index in [0.29, 0.717) is 0 Å². The van der Waals surface area contributed by atoms with Crippen LogP contribution in [0, 0.1) is 0 Å². The second-order valence-corrected chi connectivity index (χ2v) is 1.04. The van der Waals surface area contributed by atoms with Gasteiger partial charge in [-0.1, -0.05) is 0 Å². The van der Waals surface area contributed by atoms with Gasteiger partial charge in [-0.05, 0) is 0 Å². The third kappa shape index (κ3) is 4.62. The molecule has 0 rings (SSSR count). The molecule has 0 aliphatic rings. The van der Waals surface area contributed by atoms with E-state index in [1.54, 1.807) is 0 Å². The Labute approximate surface area is 53.8 Å². The Morgan fingerprint density at radius 1 is 1.20 bits per heavy atom. The van der Waals surface area contributed by atoms with E-state index in [0.717, 1.165) is 0 Å². The van der Waals surface area contributed by atoms with Crippen LogP contribution in [0.15, 0.2) is 0 Å². The van der Waals surface area contributed by atoms with Crippen LogP contribution in [0.4, 0.5) is 14.0 Å². The molecular weight excluding hydrogens is 151 g/mol. The van der Waals surface area contributed by atoms with Crippen LogP contribution in [0.3, 0.4) is 0 Å². The van der Waals surface area contributed by atoms with E-state index in [4.69, 9.17) is 10.2 Å². The Bertz CT molecular complexity index is 128. The fraction of sp³-hybridized carbons (Fsp3) is 0.333. The molecule has 6 nitrogen and oxygen atoms in total. The summed E-state index contributed by atoms with van der Waals surface area (Å²) in [5, 5.41) is 15.3. The summed E-state index contributed by atoms with van der Waals surface area (Å²) >= 11 is 0. The molecule has 0 amide bonds. The third-order valence-electron chi connectivity index (χ3n) is 0.387. The van der Waals surface area contributed by atoms with Gasteiger partial charge in [0.05, 0.1) is 0 Å². The van der Waals surface area contributed by atoms with Crippen LogP contribution in [0.25, 0.3) is 0 Å². The quantitative estimate of drug-likeness (QED) is 0.447. The number of alkyl halides is 1. The molecule has 7 heteroatoms. The van der Waals surface area contributed by atoms with E-state index >= 15 is 0 Å². The average molecular weight is 154 g/mol. The third-order valence-corrected chi connectivity index (χ3v) is 0.387. The second kappa shape index (κ2) is 3.49. The first-order valence-electron chi connectivity index (χ1n) is 1.95. The first-order chi connectivity index (χ1) is 4.52. The van der Waals surface area contributed by atoms with Gasteiger partial charge in [-0.3, -0.25) is 0 Å². The number of carboxylic acid groups (broad SMARTS) is 2. The van der Waals surface area contributed by atoms with Gasteiger partial charge in [0.2, 0.25) is 0 Å². The van der Waals surface area contributed by atoms with Gasteiger partial charge in [0.25, 0.3) is 0 Å². The van der Waals surface area contributed by atoms with E-state index in [-0.39, 0.29) is 0 Å². The lowest BCUT2D eigenvalue weighted by Crippen LogP contribution is -2.18. The lowest BCUT2D eigenvalue weighted by atomic mass is 11.2. The molecule has 58 valence electrons. The van der Waals surface area contributed by atoms with Crippen LogP contribution >= 0.6 is 0 Å². The molecular formula is C3H3FO6. The van der Waals surface area contributed by atoms with Gasteiger partial charge < -0.3 is 19.7 Å². The Hall–Kier alpha value is -1.53. The molecule has 0 heterocycles. The van der Waals surface area contributed by atoms with E-state index in [1.165, 1.54) is 0 Å². The summed E-state index contributed by atoms with van der Waals surface area (Å²) in [6, 6.07) is 0. The van der Waals surface area contributed by atoms with Crippen LogP contribution in [-0.4, -0.2) is 29.1 Å². The van der Waals surface area contributed by atoms with Crippen molar-refractivity contribution in [2.24, 2.45) is 0 Å². The maximum absolute atomic E-state index is 11.7. The zero-order valence-corrected chi connectivity index (χ0v) is 4.48. The van der Waals surface area contributed by atoms with Crippen molar-refractivity contribution in [2.45, 2.75) is 6.54 Å². The fourth-order valence-electron chi connectivity index (χ4n) is 0.183. The molecule has 0 fully saturated rings. The first kappa shape index (κ1) is 8.47. The van der Waals surface area contributed by atoms with Gasteiger partial charge in [0, 0.05) is 0 Å². The Morgan fingerprint density at radius 2 is 1.50 bits per heavy atom. The summed E-state index contributed by atoms with van der Waals surface area (Å²) in [6.07, 6.45) is -3.90. The molecule has 0 saturated carbocycles. The monoisotopic (exact) mass is 154 g/mol. The molecule has 0 atom stereocenters. The number of hydrogen-bond acceptors (Lipinski definition) is 4. The smallest absolute Gasteiger partial charge is 0.450 e. The molecule has 0 unspecified atom stereocenters. The van der Waals surface area contributed by atoms with Gasteiger partial charge in [-0.2, -0.15) is 4.39 Å². The second-order valence-electron chi connectivity index (χ2n) is 1.04. The minimum Gasteiger partial charge on any atom is -0.450 e. The van der Waals surface area contributed by atoms with Gasteiger partial charge in [-0.15, -0.1) is 0 Å². The molecule has 0 radical (unpaired) electrons. The lowest BCUT2D eigenvalue weighted by Gasteiger charge is -2.03. The van der Waals surface area contributed by atoms with E-state index in [2.05, 4.69) is 9.47 Å². The molecule has 0 aromatic heterocycles. The molecule has 0 aromatic carbocycles. The summed E-state index contributed by atoms with van der Waals surface area (Å²) in [5.74, 6) is 0. The predicted molar refractivity (Wildman–Crippen MR) is 23.1 cm³/mol. The summed E-state index contributed by atoms with van der Waals surface area (Å²) < 4.78 is 18.1. The van der Waals surface area contributed by atoms with Crippen molar-refractivity contribution in [1.82, 2.24) is 0 Å². The molecule has 0 saturated heterocycles. The number of carbonyl (C=O) groups is 2. The van der Waals surface area contributed by atoms with Gasteiger partial charge in [-0.25, -0.2) is 9.59 Å². The predicted octanol–water partition coefficient (Wildman–Crippen LogP) is 0.629.